The summed E-state index contributed by atoms with van der Waals surface area (Å²) in [6, 6.07) is 7.35. The quantitative estimate of drug-likeness (QED) is 0.710. The van der Waals surface area contributed by atoms with E-state index in [0.29, 0.717) is 5.52 Å². The van der Waals surface area contributed by atoms with Gasteiger partial charge < -0.3 is 10.2 Å². The minimum absolute atomic E-state index is 0.0876. The van der Waals surface area contributed by atoms with E-state index in [1.54, 1.807) is 16.9 Å². The number of fused-ring (bicyclic) bond motifs is 1. The van der Waals surface area contributed by atoms with Crippen LogP contribution < -0.4 is 5.32 Å². The second-order valence-corrected chi connectivity index (χ2v) is 7.14. The van der Waals surface area contributed by atoms with Crippen LogP contribution in [0.4, 0.5) is 5.82 Å². The molecule has 0 unspecified atom stereocenters. The molecule has 0 spiro atoms. The van der Waals surface area contributed by atoms with Crippen molar-refractivity contribution in [1.82, 2.24) is 24.9 Å². The summed E-state index contributed by atoms with van der Waals surface area (Å²) in [6.07, 6.45) is 3.92. The van der Waals surface area contributed by atoms with E-state index in [9.17, 15) is 4.79 Å². The van der Waals surface area contributed by atoms with Gasteiger partial charge in [0.05, 0.1) is 11.7 Å². The molecule has 1 aromatic carbocycles. The Morgan fingerprint density at radius 2 is 2.14 bits per heavy atom. The van der Waals surface area contributed by atoms with Gasteiger partial charge in [0.2, 0.25) is 5.91 Å². The van der Waals surface area contributed by atoms with Crippen LogP contribution in [-0.2, 0) is 11.8 Å². The molecule has 0 aliphatic carbocycles. The lowest BCUT2D eigenvalue weighted by atomic mass is 9.95. The molecule has 1 saturated heterocycles. The third-order valence-electron chi connectivity index (χ3n) is 5.01. The lowest BCUT2D eigenvalue weighted by Gasteiger charge is -2.32. The van der Waals surface area contributed by atoms with Crippen LogP contribution in [0.3, 0.4) is 0 Å². The number of aromatic nitrogens is 4. The largest absolute Gasteiger partial charge is 0.309 e. The number of likely N-dealkylation sites (tertiary alicyclic amines) is 1. The number of aryl methyl sites for hydroxylation is 1. The number of nitrogens with one attached hydrogen (secondary N) is 1. The minimum atomic E-state index is -3.40. The highest BCUT2D eigenvalue weighted by molar-refractivity contribution is 5.94. The molecule has 2 aromatic heterocycles. The molecule has 3 heterocycles. The van der Waals surface area contributed by atoms with Crippen molar-refractivity contribution in [3.63, 3.8) is 0 Å². The Morgan fingerprint density at radius 1 is 1.31 bits per heavy atom. The molecule has 1 aliphatic heterocycles. The standard InChI is InChI=1S/C22H28N6O/c1-15(2)13-28-8-6-16(7-9-28)22(29)24-21-11-18-10-17(4-5-20(18)25-26-21)19-12-23-27(3)14-19/h4-5,10-12,14-16H,6-9,13H2,1-3H3,(H,24,26,29)/i1D3,2D3,13D2,15D. The fourth-order valence-electron chi connectivity index (χ4n) is 3.50. The molecular weight excluding hydrogens is 364 g/mol. The van der Waals surface area contributed by atoms with Crippen LogP contribution in [-0.4, -0.2) is 50.4 Å². The number of amides is 1. The van der Waals surface area contributed by atoms with E-state index in [-0.39, 0.29) is 37.7 Å². The van der Waals surface area contributed by atoms with Gasteiger partial charge in [-0.2, -0.15) is 5.10 Å². The summed E-state index contributed by atoms with van der Waals surface area (Å²) in [6.45, 7) is -9.96. The zero-order valence-electron chi connectivity index (χ0n) is 25.0. The number of benzene rings is 1. The Labute approximate surface area is 183 Å². The van der Waals surface area contributed by atoms with Crippen molar-refractivity contribution in [2.75, 3.05) is 24.9 Å². The summed E-state index contributed by atoms with van der Waals surface area (Å²) < 4.78 is 72.3. The van der Waals surface area contributed by atoms with Crippen LogP contribution in [0.5, 0.6) is 0 Å². The molecule has 4 rings (SSSR count). The molecule has 1 fully saturated rings. The maximum atomic E-state index is 12.9. The highest BCUT2D eigenvalue weighted by atomic mass is 16.2. The predicted octanol–water partition coefficient (Wildman–Crippen LogP) is 3.34. The molecule has 1 aliphatic rings. The molecular formula is C22H28N6O. The van der Waals surface area contributed by atoms with Gasteiger partial charge in [-0.05, 0) is 55.6 Å². The van der Waals surface area contributed by atoms with Gasteiger partial charge in [-0.15, -0.1) is 10.2 Å². The summed E-state index contributed by atoms with van der Waals surface area (Å²) in [4.78, 5) is 14.0. The average Bonchev–Trinajstić information content (AvgIpc) is 3.28. The van der Waals surface area contributed by atoms with E-state index in [1.807, 2.05) is 31.4 Å². The van der Waals surface area contributed by atoms with Crippen LogP contribution in [0.1, 0.15) is 38.9 Å². The smallest absolute Gasteiger partial charge is 0.228 e. The maximum absolute atomic E-state index is 12.9. The predicted molar refractivity (Wildman–Crippen MR) is 114 cm³/mol. The first-order chi connectivity index (χ1) is 17.5. The lowest BCUT2D eigenvalue weighted by Crippen LogP contribution is -2.39. The van der Waals surface area contributed by atoms with E-state index in [1.165, 1.54) is 0 Å². The Kier molecular flexibility index (Phi) is 3.26. The lowest BCUT2D eigenvalue weighted by molar-refractivity contribution is -0.121. The molecule has 29 heavy (non-hydrogen) atoms. The first-order valence-electron chi connectivity index (χ1n) is 13.9. The van der Waals surface area contributed by atoms with E-state index in [2.05, 4.69) is 20.6 Å². The van der Waals surface area contributed by atoms with Crippen LogP contribution >= 0.6 is 0 Å². The van der Waals surface area contributed by atoms with Gasteiger partial charge in [-0.25, -0.2) is 0 Å². The summed E-state index contributed by atoms with van der Waals surface area (Å²) in [5.41, 5.74) is 2.50. The van der Waals surface area contributed by atoms with Crippen molar-refractivity contribution in [3.05, 3.63) is 36.7 Å². The molecule has 0 bridgehead atoms. The highest BCUT2D eigenvalue weighted by Crippen LogP contribution is 2.25. The molecule has 7 nitrogen and oxygen atoms in total. The summed E-state index contributed by atoms with van der Waals surface area (Å²) in [5.74, 6) is -4.01. The molecule has 3 aromatic rings. The first-order valence-corrected chi connectivity index (χ1v) is 9.37. The number of nitrogens with zero attached hydrogens (tertiary/aromatic N) is 5. The normalized spacial score (nSPS) is 22.2. The Hall–Kier alpha value is -2.80. The van der Waals surface area contributed by atoms with Crippen LogP contribution in [0, 0.1) is 11.8 Å². The van der Waals surface area contributed by atoms with Crippen LogP contribution in [0.25, 0.3) is 22.0 Å². The third kappa shape index (κ3) is 4.62. The molecule has 7 heteroatoms. The summed E-state index contributed by atoms with van der Waals surface area (Å²) in [7, 11) is 1.83. The summed E-state index contributed by atoms with van der Waals surface area (Å²) in [5, 5.41) is 15.9. The maximum Gasteiger partial charge on any atom is 0.228 e. The fourth-order valence-corrected chi connectivity index (χ4v) is 3.50. The molecule has 0 saturated carbocycles. The molecule has 0 radical (unpaired) electrons. The third-order valence-corrected chi connectivity index (χ3v) is 5.01. The van der Waals surface area contributed by atoms with E-state index < -0.39 is 32.0 Å². The first kappa shape index (κ1) is 11.4. The minimum Gasteiger partial charge on any atom is -0.309 e. The number of hydrogen-bond donors (Lipinski definition) is 1. The number of hydrogen-bond acceptors (Lipinski definition) is 5. The molecule has 1 N–H and O–H groups in total. The number of carbonyl (C=O) groups is 1. The van der Waals surface area contributed by atoms with Gasteiger partial charge in [-0.1, -0.05) is 19.8 Å². The Morgan fingerprint density at radius 3 is 2.86 bits per heavy atom. The zero-order valence-corrected chi connectivity index (χ0v) is 16.0. The topological polar surface area (TPSA) is 75.9 Å². The second-order valence-electron chi connectivity index (χ2n) is 7.14. The van der Waals surface area contributed by atoms with Gasteiger partial charge in [-0.3, -0.25) is 9.48 Å². The van der Waals surface area contributed by atoms with Crippen LogP contribution in [0.15, 0.2) is 36.7 Å². The summed E-state index contributed by atoms with van der Waals surface area (Å²) >= 11 is 0. The van der Waals surface area contributed by atoms with Gasteiger partial charge in [0.15, 0.2) is 5.82 Å². The Balaban J connectivity index is 1.45. The van der Waals surface area contributed by atoms with Crippen molar-refractivity contribution < 1.29 is 17.1 Å². The van der Waals surface area contributed by atoms with Crippen LogP contribution in [0.2, 0.25) is 0 Å². The second kappa shape index (κ2) is 8.29. The van der Waals surface area contributed by atoms with Gasteiger partial charge in [0.1, 0.15) is 0 Å². The molecule has 1 amide bonds. The zero-order chi connectivity index (χ0) is 28.1. The van der Waals surface area contributed by atoms with Crippen molar-refractivity contribution in [2.45, 2.75) is 26.5 Å². The van der Waals surface area contributed by atoms with Crippen molar-refractivity contribution in [2.24, 2.45) is 18.9 Å². The molecule has 152 valence electrons. The number of carbonyl (C=O) groups excluding carboxylic acids is 1. The van der Waals surface area contributed by atoms with Crippen molar-refractivity contribution in [1.29, 1.82) is 0 Å². The van der Waals surface area contributed by atoms with E-state index in [0.717, 1.165) is 21.4 Å². The van der Waals surface area contributed by atoms with Gasteiger partial charge in [0.25, 0.3) is 0 Å². The van der Waals surface area contributed by atoms with E-state index in [4.69, 9.17) is 12.3 Å². The van der Waals surface area contributed by atoms with Gasteiger partial charge >= 0.3 is 0 Å². The van der Waals surface area contributed by atoms with Gasteiger partial charge in [0, 0.05) is 48.9 Å². The number of anilines is 1. The molecule has 0 atom stereocenters. The highest BCUT2D eigenvalue weighted by Gasteiger charge is 2.25. The Bertz CT molecular complexity index is 1310. The monoisotopic (exact) mass is 401 g/mol. The number of piperidine rings is 1. The SMILES string of the molecule is [2H]C([2H])([2H])C([2H])(C([2H])([2H])[2H])C([2H])([2H])N1CCC(C(=O)Nc2cc3cc(-c4cnn(C)c4)ccc3nn2)CC1. The average molecular weight is 402 g/mol. The van der Waals surface area contributed by atoms with Crippen molar-refractivity contribution in [3.8, 4) is 11.1 Å². The van der Waals surface area contributed by atoms with E-state index >= 15 is 0 Å². The number of rotatable bonds is 5. The van der Waals surface area contributed by atoms with Crippen molar-refractivity contribution >= 4 is 22.6 Å². The fraction of sp³-hybridized carbons (Fsp3) is 0.455.